The van der Waals surface area contributed by atoms with Crippen LogP contribution in [0.2, 0.25) is 0 Å². The standard InChI is InChI=1S/C10H18N2O.C2H6.H2/c1-7(2)4-9(11)6-10-5-8(3)13-12-10;1-2;/h5,7,9H,4,6,11H2,1-3H3;1-2H3;1H. The Morgan fingerprint density at radius 1 is 1.47 bits per heavy atom. The molecule has 3 nitrogen and oxygen atoms in total. The van der Waals surface area contributed by atoms with Gasteiger partial charge in [0.15, 0.2) is 0 Å². The quantitative estimate of drug-likeness (QED) is 0.837. The van der Waals surface area contributed by atoms with E-state index in [9.17, 15) is 0 Å². The Kier molecular flexibility index (Phi) is 7.05. The lowest BCUT2D eigenvalue weighted by Crippen LogP contribution is -2.24. The number of nitrogens with zero attached hydrogens (tertiary/aromatic N) is 1. The molecule has 2 N–H and O–H groups in total. The van der Waals surface area contributed by atoms with Crippen LogP contribution in [0.1, 0.15) is 47.0 Å². The largest absolute Gasteiger partial charge is 0.361 e. The van der Waals surface area contributed by atoms with Crippen LogP contribution in [0.25, 0.3) is 0 Å². The van der Waals surface area contributed by atoms with Gasteiger partial charge in [-0.2, -0.15) is 0 Å². The predicted octanol–water partition coefficient (Wildman–Crippen LogP) is 3.17. The van der Waals surface area contributed by atoms with Gasteiger partial charge in [-0.3, -0.25) is 0 Å². The lowest BCUT2D eigenvalue weighted by Gasteiger charge is -2.11. The Morgan fingerprint density at radius 2 is 2.07 bits per heavy atom. The highest BCUT2D eigenvalue weighted by Crippen LogP contribution is 2.09. The second-order valence-electron chi connectivity index (χ2n) is 4.02. The van der Waals surface area contributed by atoms with E-state index < -0.39 is 0 Å². The first-order chi connectivity index (χ1) is 7.08. The van der Waals surface area contributed by atoms with Crippen LogP contribution in [0.5, 0.6) is 0 Å². The van der Waals surface area contributed by atoms with Crippen molar-refractivity contribution in [1.29, 1.82) is 0 Å². The smallest absolute Gasteiger partial charge is 0.133 e. The first kappa shape index (κ1) is 14.2. The fourth-order valence-corrected chi connectivity index (χ4v) is 1.47. The fraction of sp³-hybridized carbons (Fsp3) is 0.750. The number of aryl methyl sites for hydroxylation is 1. The van der Waals surface area contributed by atoms with E-state index in [1.54, 1.807) is 0 Å². The zero-order chi connectivity index (χ0) is 11.8. The molecule has 0 fully saturated rings. The lowest BCUT2D eigenvalue weighted by atomic mass is 10.0. The van der Waals surface area contributed by atoms with Crippen LogP contribution in [0.4, 0.5) is 0 Å². The molecule has 15 heavy (non-hydrogen) atoms. The summed E-state index contributed by atoms with van der Waals surface area (Å²) in [5.74, 6) is 1.50. The zero-order valence-electron chi connectivity index (χ0n) is 10.6. The molecule has 1 unspecified atom stereocenters. The molecule has 0 aliphatic carbocycles. The molecule has 90 valence electrons. The lowest BCUT2D eigenvalue weighted by molar-refractivity contribution is 0.385. The molecule has 0 aliphatic heterocycles. The predicted molar refractivity (Wildman–Crippen MR) is 65.8 cm³/mol. The van der Waals surface area contributed by atoms with E-state index in [1.165, 1.54) is 0 Å². The van der Waals surface area contributed by atoms with Gasteiger partial charge in [-0.25, -0.2) is 0 Å². The molecule has 1 heterocycles. The van der Waals surface area contributed by atoms with Crippen LogP contribution in [-0.2, 0) is 6.42 Å². The third-order valence-electron chi connectivity index (χ3n) is 1.92. The Labute approximate surface area is 94.5 Å². The molecule has 0 amide bonds. The summed E-state index contributed by atoms with van der Waals surface area (Å²) in [6.45, 7) is 10.2. The molecule has 0 aliphatic rings. The van der Waals surface area contributed by atoms with Crippen LogP contribution >= 0.6 is 0 Å². The van der Waals surface area contributed by atoms with E-state index in [0.717, 1.165) is 24.3 Å². The van der Waals surface area contributed by atoms with Crippen molar-refractivity contribution in [3.8, 4) is 0 Å². The third-order valence-corrected chi connectivity index (χ3v) is 1.92. The average molecular weight is 214 g/mol. The van der Waals surface area contributed by atoms with E-state index in [-0.39, 0.29) is 7.47 Å². The topological polar surface area (TPSA) is 52.0 Å². The molecule has 0 saturated heterocycles. The van der Waals surface area contributed by atoms with Gasteiger partial charge in [0.2, 0.25) is 0 Å². The summed E-state index contributed by atoms with van der Waals surface area (Å²) in [7, 11) is 0. The van der Waals surface area contributed by atoms with Crippen molar-refractivity contribution >= 4 is 0 Å². The monoisotopic (exact) mass is 214 g/mol. The molecule has 0 saturated carbocycles. The maximum Gasteiger partial charge on any atom is 0.133 e. The molecule has 0 spiro atoms. The maximum atomic E-state index is 5.93. The van der Waals surface area contributed by atoms with Crippen molar-refractivity contribution in [3.63, 3.8) is 0 Å². The van der Waals surface area contributed by atoms with Crippen molar-refractivity contribution in [2.45, 2.75) is 53.5 Å². The van der Waals surface area contributed by atoms with Gasteiger partial charge in [0, 0.05) is 20.0 Å². The molecule has 0 bridgehead atoms. The first-order valence-electron chi connectivity index (χ1n) is 5.75. The SMILES string of the molecule is CC.Cc1cc(CC(N)CC(C)C)no1.[HH]. The number of aromatic nitrogens is 1. The number of hydrogen-bond donors (Lipinski definition) is 1. The normalized spacial score (nSPS) is 12.2. The van der Waals surface area contributed by atoms with Crippen molar-refractivity contribution < 1.29 is 5.95 Å². The highest BCUT2D eigenvalue weighted by molar-refractivity contribution is 5.04. The maximum absolute atomic E-state index is 5.93. The van der Waals surface area contributed by atoms with Gasteiger partial charge in [0.25, 0.3) is 0 Å². The third kappa shape index (κ3) is 6.28. The van der Waals surface area contributed by atoms with E-state index in [4.69, 9.17) is 10.3 Å². The minimum atomic E-state index is 0. The van der Waals surface area contributed by atoms with E-state index >= 15 is 0 Å². The van der Waals surface area contributed by atoms with Crippen LogP contribution in [0, 0.1) is 12.8 Å². The zero-order valence-corrected chi connectivity index (χ0v) is 10.6. The summed E-state index contributed by atoms with van der Waals surface area (Å²) in [6, 6.07) is 2.14. The minimum absolute atomic E-state index is 0. The second-order valence-corrected chi connectivity index (χ2v) is 4.02. The van der Waals surface area contributed by atoms with Gasteiger partial charge in [-0.05, 0) is 19.3 Å². The van der Waals surface area contributed by atoms with Crippen molar-refractivity contribution in [3.05, 3.63) is 17.5 Å². The van der Waals surface area contributed by atoms with Crippen molar-refractivity contribution in [2.24, 2.45) is 11.7 Å². The van der Waals surface area contributed by atoms with Gasteiger partial charge in [0.05, 0.1) is 5.69 Å². The van der Waals surface area contributed by atoms with Crippen LogP contribution in [-0.4, -0.2) is 11.2 Å². The Hall–Kier alpha value is -0.830. The molecular formula is C12H26N2O. The summed E-state index contributed by atoms with van der Waals surface area (Å²) in [4.78, 5) is 0. The highest BCUT2D eigenvalue weighted by Gasteiger charge is 2.09. The molecule has 1 aromatic heterocycles. The highest BCUT2D eigenvalue weighted by atomic mass is 16.5. The molecular weight excluding hydrogens is 188 g/mol. The van der Waals surface area contributed by atoms with Gasteiger partial charge in [0.1, 0.15) is 5.76 Å². The number of rotatable bonds is 4. The minimum Gasteiger partial charge on any atom is -0.361 e. The summed E-state index contributed by atoms with van der Waals surface area (Å²) in [5, 5.41) is 3.91. The molecule has 1 atom stereocenters. The van der Waals surface area contributed by atoms with Crippen molar-refractivity contribution in [1.82, 2.24) is 5.16 Å². The Bertz CT molecular complexity index is 261. The Morgan fingerprint density at radius 3 is 2.47 bits per heavy atom. The number of hydrogen-bond acceptors (Lipinski definition) is 3. The van der Waals surface area contributed by atoms with Crippen LogP contribution in [0.3, 0.4) is 0 Å². The average Bonchev–Trinajstić information content (AvgIpc) is 2.53. The van der Waals surface area contributed by atoms with Gasteiger partial charge >= 0.3 is 0 Å². The van der Waals surface area contributed by atoms with Crippen LogP contribution in [0.15, 0.2) is 10.6 Å². The van der Waals surface area contributed by atoms with Gasteiger partial charge < -0.3 is 10.3 Å². The summed E-state index contributed by atoms with van der Waals surface area (Å²) >= 11 is 0. The fourth-order valence-electron chi connectivity index (χ4n) is 1.47. The summed E-state index contributed by atoms with van der Waals surface area (Å²) in [6.07, 6.45) is 1.85. The van der Waals surface area contributed by atoms with Gasteiger partial charge in [-0.1, -0.05) is 32.9 Å². The number of nitrogens with two attached hydrogens (primary N) is 1. The molecule has 0 aromatic carbocycles. The van der Waals surface area contributed by atoms with E-state index in [1.807, 2.05) is 26.8 Å². The van der Waals surface area contributed by atoms with Crippen molar-refractivity contribution in [2.75, 3.05) is 0 Å². The molecule has 3 heteroatoms. The molecule has 0 radical (unpaired) electrons. The van der Waals surface area contributed by atoms with E-state index in [2.05, 4.69) is 19.0 Å². The van der Waals surface area contributed by atoms with E-state index in [0.29, 0.717) is 5.92 Å². The molecule has 1 aromatic rings. The second kappa shape index (κ2) is 7.46. The molecule has 1 rings (SSSR count). The van der Waals surface area contributed by atoms with Crippen LogP contribution < -0.4 is 5.73 Å². The summed E-state index contributed by atoms with van der Waals surface area (Å²) < 4.78 is 4.96. The summed E-state index contributed by atoms with van der Waals surface area (Å²) in [5.41, 5.74) is 6.90. The Balaban J connectivity index is 0. The van der Waals surface area contributed by atoms with Gasteiger partial charge in [-0.15, -0.1) is 0 Å². The first-order valence-corrected chi connectivity index (χ1v) is 5.75.